The van der Waals surface area contributed by atoms with E-state index in [0.717, 1.165) is 24.2 Å². The van der Waals surface area contributed by atoms with Gasteiger partial charge in [0.05, 0.1) is 12.5 Å². The van der Waals surface area contributed by atoms with E-state index >= 15 is 0 Å². The number of ether oxygens (including phenoxy) is 1. The van der Waals surface area contributed by atoms with Crippen LogP contribution < -0.4 is 4.74 Å². The van der Waals surface area contributed by atoms with E-state index in [9.17, 15) is 4.79 Å². The molecule has 0 bridgehead atoms. The van der Waals surface area contributed by atoms with Crippen LogP contribution in [0, 0.1) is 5.92 Å². The first-order chi connectivity index (χ1) is 7.81. The van der Waals surface area contributed by atoms with Gasteiger partial charge >= 0.3 is 0 Å². The van der Waals surface area contributed by atoms with Crippen LogP contribution in [0.2, 0.25) is 0 Å². The van der Waals surface area contributed by atoms with Crippen LogP contribution in [0.15, 0.2) is 36.9 Å². The van der Waals surface area contributed by atoms with E-state index in [1.807, 2.05) is 24.3 Å². The lowest BCUT2D eigenvalue weighted by Gasteiger charge is -2.24. The average Bonchev–Trinajstić information content (AvgIpc) is 2.35. The Hall–Kier alpha value is -1.57. The van der Waals surface area contributed by atoms with Crippen molar-refractivity contribution in [3.8, 4) is 5.75 Å². The third-order valence-corrected chi connectivity index (χ3v) is 2.93. The van der Waals surface area contributed by atoms with Crippen molar-refractivity contribution in [3.05, 3.63) is 42.5 Å². The van der Waals surface area contributed by atoms with E-state index in [2.05, 4.69) is 6.58 Å². The molecular weight excluding hydrogens is 200 g/mol. The van der Waals surface area contributed by atoms with E-state index < -0.39 is 0 Å². The van der Waals surface area contributed by atoms with Crippen molar-refractivity contribution < 1.29 is 9.53 Å². The molecule has 2 rings (SSSR count). The van der Waals surface area contributed by atoms with E-state index in [1.165, 1.54) is 0 Å². The zero-order valence-electron chi connectivity index (χ0n) is 9.32. The standard InChI is InChI=1S/C14H16O2/c1-2-3-7-13(15)12-9-11-6-4-5-8-14(11)16-10-12/h2,4-6,8,12H,1,3,7,9-10H2. The summed E-state index contributed by atoms with van der Waals surface area (Å²) in [4.78, 5) is 11.8. The first-order valence-corrected chi connectivity index (χ1v) is 5.65. The molecular formula is C14H16O2. The van der Waals surface area contributed by atoms with Crippen molar-refractivity contribution in [2.45, 2.75) is 19.3 Å². The molecule has 1 aromatic rings. The summed E-state index contributed by atoms with van der Waals surface area (Å²) in [5.74, 6) is 1.24. The first-order valence-electron chi connectivity index (χ1n) is 5.65. The Labute approximate surface area is 95.9 Å². The van der Waals surface area contributed by atoms with Gasteiger partial charge in [0.2, 0.25) is 0 Å². The zero-order valence-corrected chi connectivity index (χ0v) is 9.32. The van der Waals surface area contributed by atoms with Crippen molar-refractivity contribution >= 4 is 5.78 Å². The lowest BCUT2D eigenvalue weighted by atomic mass is 9.91. The monoisotopic (exact) mass is 216 g/mol. The first kappa shape index (κ1) is 10.9. The minimum Gasteiger partial charge on any atom is -0.493 e. The molecule has 1 unspecified atom stereocenters. The molecule has 0 saturated heterocycles. The van der Waals surface area contributed by atoms with Crippen LogP contribution in [0.4, 0.5) is 0 Å². The van der Waals surface area contributed by atoms with Gasteiger partial charge in [0, 0.05) is 6.42 Å². The van der Waals surface area contributed by atoms with Gasteiger partial charge in [-0.05, 0) is 24.5 Å². The molecule has 84 valence electrons. The van der Waals surface area contributed by atoms with Gasteiger partial charge in [0.15, 0.2) is 0 Å². The Morgan fingerprint density at radius 2 is 2.31 bits per heavy atom. The number of rotatable bonds is 4. The number of hydrogen-bond acceptors (Lipinski definition) is 2. The highest BCUT2D eigenvalue weighted by Gasteiger charge is 2.24. The Bertz CT molecular complexity index is 395. The molecule has 2 nitrogen and oxygen atoms in total. The topological polar surface area (TPSA) is 26.3 Å². The minimum absolute atomic E-state index is 0.0230. The molecule has 0 aromatic heterocycles. The highest BCUT2D eigenvalue weighted by molar-refractivity contribution is 5.82. The van der Waals surface area contributed by atoms with Crippen LogP contribution >= 0.6 is 0 Å². The normalized spacial score (nSPS) is 18.4. The lowest BCUT2D eigenvalue weighted by Crippen LogP contribution is -2.28. The summed E-state index contributed by atoms with van der Waals surface area (Å²) in [7, 11) is 0. The molecule has 2 heteroatoms. The SMILES string of the molecule is C=CCCC(=O)C1COc2ccccc2C1. The second-order valence-corrected chi connectivity index (χ2v) is 4.11. The summed E-state index contributed by atoms with van der Waals surface area (Å²) in [5.41, 5.74) is 1.14. The Balaban J connectivity index is 2.02. The number of allylic oxidation sites excluding steroid dienone is 1. The molecule has 0 spiro atoms. The Kier molecular flexibility index (Phi) is 3.40. The predicted molar refractivity (Wildman–Crippen MR) is 63.6 cm³/mol. The van der Waals surface area contributed by atoms with Crippen LogP contribution in [0.1, 0.15) is 18.4 Å². The summed E-state index contributed by atoms with van der Waals surface area (Å²) < 4.78 is 5.59. The van der Waals surface area contributed by atoms with Crippen molar-refractivity contribution in [2.24, 2.45) is 5.92 Å². The zero-order chi connectivity index (χ0) is 11.4. The average molecular weight is 216 g/mol. The van der Waals surface area contributed by atoms with Crippen LogP contribution in [0.3, 0.4) is 0 Å². The maximum absolute atomic E-state index is 11.8. The van der Waals surface area contributed by atoms with Gasteiger partial charge in [-0.2, -0.15) is 0 Å². The third-order valence-electron chi connectivity index (χ3n) is 2.93. The van der Waals surface area contributed by atoms with Crippen molar-refractivity contribution in [1.29, 1.82) is 0 Å². The number of carbonyl (C=O) groups excluding carboxylic acids is 1. The highest BCUT2D eigenvalue weighted by Crippen LogP contribution is 2.27. The Morgan fingerprint density at radius 1 is 1.50 bits per heavy atom. The summed E-state index contributed by atoms with van der Waals surface area (Å²) in [6, 6.07) is 7.93. The molecule has 0 N–H and O–H groups in total. The van der Waals surface area contributed by atoms with Crippen molar-refractivity contribution in [3.63, 3.8) is 0 Å². The van der Waals surface area contributed by atoms with E-state index in [1.54, 1.807) is 6.08 Å². The number of carbonyl (C=O) groups is 1. The summed E-state index contributed by atoms with van der Waals surface area (Å²) in [6.07, 6.45) is 3.94. The second-order valence-electron chi connectivity index (χ2n) is 4.11. The second kappa shape index (κ2) is 4.97. The van der Waals surface area contributed by atoms with E-state index in [-0.39, 0.29) is 11.7 Å². The van der Waals surface area contributed by atoms with Crippen molar-refractivity contribution in [1.82, 2.24) is 0 Å². The van der Waals surface area contributed by atoms with Gasteiger partial charge in [-0.3, -0.25) is 4.79 Å². The molecule has 0 saturated carbocycles. The third kappa shape index (κ3) is 2.32. The van der Waals surface area contributed by atoms with E-state index in [4.69, 9.17) is 4.74 Å². The molecule has 16 heavy (non-hydrogen) atoms. The number of fused-ring (bicyclic) bond motifs is 1. The van der Waals surface area contributed by atoms with Crippen LogP contribution in [-0.2, 0) is 11.2 Å². The summed E-state index contributed by atoms with van der Waals surface area (Å²) in [5, 5.41) is 0. The van der Waals surface area contributed by atoms with Crippen molar-refractivity contribution in [2.75, 3.05) is 6.61 Å². The molecule has 1 aliphatic rings. The molecule has 0 amide bonds. The van der Waals surface area contributed by atoms with Crippen LogP contribution in [0.25, 0.3) is 0 Å². The highest BCUT2D eigenvalue weighted by atomic mass is 16.5. The van der Waals surface area contributed by atoms with Gasteiger partial charge in [-0.25, -0.2) is 0 Å². The maximum atomic E-state index is 11.8. The predicted octanol–water partition coefficient (Wildman–Crippen LogP) is 2.77. The quantitative estimate of drug-likeness (QED) is 0.723. The molecule has 1 aliphatic heterocycles. The largest absolute Gasteiger partial charge is 0.493 e. The number of hydrogen-bond donors (Lipinski definition) is 0. The lowest BCUT2D eigenvalue weighted by molar-refractivity contribution is -0.124. The summed E-state index contributed by atoms with van der Waals surface area (Å²) in [6.45, 7) is 4.15. The number of para-hydroxylation sites is 1. The fourth-order valence-corrected chi connectivity index (χ4v) is 1.98. The van der Waals surface area contributed by atoms with Gasteiger partial charge in [0.25, 0.3) is 0 Å². The maximum Gasteiger partial charge on any atom is 0.140 e. The minimum atomic E-state index is 0.0230. The molecule has 0 radical (unpaired) electrons. The Morgan fingerprint density at radius 3 is 3.12 bits per heavy atom. The molecule has 0 aliphatic carbocycles. The molecule has 1 aromatic carbocycles. The fourth-order valence-electron chi connectivity index (χ4n) is 1.98. The van der Waals surface area contributed by atoms with Gasteiger partial charge in [0.1, 0.15) is 11.5 Å². The van der Waals surface area contributed by atoms with Gasteiger partial charge < -0.3 is 4.74 Å². The fraction of sp³-hybridized carbons (Fsp3) is 0.357. The number of ketones is 1. The summed E-state index contributed by atoms with van der Waals surface area (Å²) >= 11 is 0. The van der Waals surface area contributed by atoms with E-state index in [0.29, 0.717) is 13.0 Å². The van der Waals surface area contributed by atoms with Gasteiger partial charge in [-0.1, -0.05) is 24.3 Å². The van der Waals surface area contributed by atoms with Crippen LogP contribution in [0.5, 0.6) is 5.75 Å². The molecule has 1 atom stereocenters. The number of benzene rings is 1. The van der Waals surface area contributed by atoms with Gasteiger partial charge in [-0.15, -0.1) is 6.58 Å². The smallest absolute Gasteiger partial charge is 0.140 e. The van der Waals surface area contributed by atoms with Crippen LogP contribution in [-0.4, -0.2) is 12.4 Å². The molecule has 1 heterocycles. The number of Topliss-reactive ketones (excluding diaryl/α,β-unsaturated/α-hetero) is 1. The molecule has 0 fully saturated rings.